The molecular formula is C16H26N2O. The highest BCUT2D eigenvalue weighted by Crippen LogP contribution is 2.07. The Labute approximate surface area is 117 Å². The van der Waals surface area contributed by atoms with E-state index in [0.717, 1.165) is 44.7 Å². The maximum atomic E-state index is 4.98. The molecule has 0 bridgehead atoms. The second kappa shape index (κ2) is 9.70. The number of nitrogens with zero attached hydrogens (tertiary/aromatic N) is 1. The third kappa shape index (κ3) is 7.09. The van der Waals surface area contributed by atoms with E-state index in [-0.39, 0.29) is 0 Å². The molecule has 19 heavy (non-hydrogen) atoms. The van der Waals surface area contributed by atoms with E-state index in [1.165, 1.54) is 11.1 Å². The highest BCUT2D eigenvalue weighted by Gasteiger charge is 1.97. The highest BCUT2D eigenvalue weighted by molar-refractivity contribution is 5.18. The predicted octanol–water partition coefficient (Wildman–Crippen LogP) is 2.76. The van der Waals surface area contributed by atoms with Crippen molar-refractivity contribution in [2.24, 2.45) is 0 Å². The summed E-state index contributed by atoms with van der Waals surface area (Å²) in [4.78, 5) is 4.49. The first-order chi connectivity index (χ1) is 9.26. The van der Waals surface area contributed by atoms with Crippen LogP contribution in [0.25, 0.3) is 0 Å². The van der Waals surface area contributed by atoms with E-state index in [1.54, 1.807) is 7.11 Å². The molecule has 0 aliphatic heterocycles. The second-order valence-electron chi connectivity index (χ2n) is 4.77. The van der Waals surface area contributed by atoms with Gasteiger partial charge in [0.1, 0.15) is 0 Å². The van der Waals surface area contributed by atoms with Gasteiger partial charge in [0, 0.05) is 32.0 Å². The molecule has 0 amide bonds. The van der Waals surface area contributed by atoms with Gasteiger partial charge in [-0.25, -0.2) is 0 Å². The van der Waals surface area contributed by atoms with Crippen molar-refractivity contribution >= 4 is 0 Å². The molecule has 106 valence electrons. The fourth-order valence-corrected chi connectivity index (χ4v) is 1.85. The molecule has 1 aromatic rings. The lowest BCUT2D eigenvalue weighted by atomic mass is 10.1. The number of allylic oxidation sites excluding steroid dienone is 1. The van der Waals surface area contributed by atoms with Gasteiger partial charge in [0.2, 0.25) is 0 Å². The largest absolute Gasteiger partial charge is 0.383 e. The second-order valence-corrected chi connectivity index (χ2v) is 4.77. The van der Waals surface area contributed by atoms with Crippen LogP contribution in [0.4, 0.5) is 0 Å². The zero-order valence-corrected chi connectivity index (χ0v) is 12.4. The fraction of sp³-hybridized carbons (Fsp3) is 0.562. The predicted molar refractivity (Wildman–Crippen MR) is 80.4 cm³/mol. The van der Waals surface area contributed by atoms with Crippen molar-refractivity contribution in [1.82, 2.24) is 10.3 Å². The molecule has 1 N–H and O–H groups in total. The normalized spacial score (nSPS) is 11.8. The fourth-order valence-electron chi connectivity index (χ4n) is 1.85. The zero-order chi connectivity index (χ0) is 13.9. The minimum atomic E-state index is 0.774. The molecule has 0 fully saturated rings. The van der Waals surface area contributed by atoms with Crippen LogP contribution >= 0.6 is 0 Å². The standard InChI is InChI=1S/C16H26N2O/c1-4-15-7-8-16(18-13-15)12-14(2)6-5-9-17-10-11-19-3/h6-8,13,17H,4-5,9-12H2,1-3H3. The summed E-state index contributed by atoms with van der Waals surface area (Å²) in [5, 5.41) is 3.34. The molecule has 0 unspecified atom stereocenters. The smallest absolute Gasteiger partial charge is 0.0587 e. The average molecular weight is 262 g/mol. The van der Waals surface area contributed by atoms with E-state index in [9.17, 15) is 0 Å². The third-order valence-corrected chi connectivity index (χ3v) is 3.05. The lowest BCUT2D eigenvalue weighted by molar-refractivity contribution is 0.199. The van der Waals surface area contributed by atoms with Crippen LogP contribution in [0.15, 0.2) is 30.0 Å². The van der Waals surface area contributed by atoms with Crippen LogP contribution in [0.5, 0.6) is 0 Å². The van der Waals surface area contributed by atoms with Crippen molar-refractivity contribution in [2.45, 2.75) is 33.1 Å². The van der Waals surface area contributed by atoms with Gasteiger partial charge in [-0.2, -0.15) is 0 Å². The topological polar surface area (TPSA) is 34.1 Å². The van der Waals surface area contributed by atoms with Crippen LogP contribution in [0.1, 0.15) is 31.5 Å². The van der Waals surface area contributed by atoms with Gasteiger partial charge >= 0.3 is 0 Å². The van der Waals surface area contributed by atoms with Crippen LogP contribution in [0, 0.1) is 0 Å². The minimum Gasteiger partial charge on any atom is -0.383 e. The van der Waals surface area contributed by atoms with Gasteiger partial charge in [-0.15, -0.1) is 0 Å². The van der Waals surface area contributed by atoms with Crippen molar-refractivity contribution in [3.8, 4) is 0 Å². The van der Waals surface area contributed by atoms with E-state index in [2.05, 4.69) is 42.4 Å². The summed E-state index contributed by atoms with van der Waals surface area (Å²) in [6.45, 7) is 7.02. The Morgan fingerprint density at radius 3 is 2.84 bits per heavy atom. The monoisotopic (exact) mass is 262 g/mol. The number of rotatable bonds is 9. The number of hydrogen-bond acceptors (Lipinski definition) is 3. The molecule has 3 heteroatoms. The van der Waals surface area contributed by atoms with Crippen LogP contribution < -0.4 is 5.32 Å². The molecule has 1 heterocycles. The van der Waals surface area contributed by atoms with E-state index >= 15 is 0 Å². The highest BCUT2D eigenvalue weighted by atomic mass is 16.5. The van der Waals surface area contributed by atoms with Crippen LogP contribution in [0.3, 0.4) is 0 Å². The van der Waals surface area contributed by atoms with E-state index in [0.29, 0.717) is 0 Å². The Bertz CT molecular complexity index is 371. The van der Waals surface area contributed by atoms with E-state index in [1.807, 2.05) is 6.20 Å². The van der Waals surface area contributed by atoms with Gasteiger partial charge in [-0.05, 0) is 37.9 Å². The van der Waals surface area contributed by atoms with Crippen molar-refractivity contribution in [1.29, 1.82) is 0 Å². The molecule has 3 nitrogen and oxygen atoms in total. The number of hydrogen-bond donors (Lipinski definition) is 1. The van der Waals surface area contributed by atoms with Gasteiger partial charge in [-0.1, -0.05) is 24.6 Å². The number of aryl methyl sites for hydroxylation is 1. The van der Waals surface area contributed by atoms with Crippen molar-refractivity contribution in [3.05, 3.63) is 41.2 Å². The molecule has 0 saturated heterocycles. The number of aromatic nitrogens is 1. The number of methoxy groups -OCH3 is 1. The average Bonchev–Trinajstić information content (AvgIpc) is 2.43. The van der Waals surface area contributed by atoms with Crippen molar-refractivity contribution in [2.75, 3.05) is 26.8 Å². The first kappa shape index (κ1) is 15.9. The van der Waals surface area contributed by atoms with Gasteiger partial charge in [-0.3, -0.25) is 4.98 Å². The zero-order valence-electron chi connectivity index (χ0n) is 12.4. The van der Waals surface area contributed by atoms with Crippen LogP contribution in [-0.2, 0) is 17.6 Å². The molecule has 1 aromatic heterocycles. The molecule has 0 aliphatic carbocycles. The SMILES string of the molecule is CCc1ccc(CC(C)=CCCNCCOC)nc1. The summed E-state index contributed by atoms with van der Waals surface area (Å²) in [5.41, 5.74) is 3.83. The third-order valence-electron chi connectivity index (χ3n) is 3.05. The maximum Gasteiger partial charge on any atom is 0.0587 e. The first-order valence-electron chi connectivity index (χ1n) is 7.05. The van der Waals surface area contributed by atoms with E-state index < -0.39 is 0 Å². The molecule has 0 saturated carbocycles. The van der Waals surface area contributed by atoms with Crippen molar-refractivity contribution < 1.29 is 4.74 Å². The molecule has 0 aromatic carbocycles. The summed E-state index contributed by atoms with van der Waals surface area (Å²) < 4.78 is 4.98. The number of nitrogens with one attached hydrogen (secondary N) is 1. The Morgan fingerprint density at radius 2 is 2.21 bits per heavy atom. The Hall–Kier alpha value is -1.19. The Kier molecular flexibility index (Phi) is 8.10. The molecule has 0 atom stereocenters. The van der Waals surface area contributed by atoms with Crippen molar-refractivity contribution in [3.63, 3.8) is 0 Å². The maximum absolute atomic E-state index is 4.98. The summed E-state index contributed by atoms with van der Waals surface area (Å²) >= 11 is 0. The first-order valence-corrected chi connectivity index (χ1v) is 7.05. The minimum absolute atomic E-state index is 0.774. The molecule has 0 radical (unpaired) electrons. The van der Waals surface area contributed by atoms with E-state index in [4.69, 9.17) is 4.74 Å². The van der Waals surface area contributed by atoms with Gasteiger partial charge in [0.05, 0.1) is 6.61 Å². The number of pyridine rings is 1. The van der Waals surface area contributed by atoms with Crippen LogP contribution in [0.2, 0.25) is 0 Å². The summed E-state index contributed by atoms with van der Waals surface area (Å²) in [6.07, 6.45) is 7.32. The summed E-state index contributed by atoms with van der Waals surface area (Å²) in [6, 6.07) is 4.30. The Balaban J connectivity index is 2.26. The molecular weight excluding hydrogens is 236 g/mol. The quantitative estimate of drug-likeness (QED) is 0.549. The summed E-state index contributed by atoms with van der Waals surface area (Å²) in [7, 11) is 1.72. The Morgan fingerprint density at radius 1 is 1.37 bits per heavy atom. The molecule has 0 aliphatic rings. The number of ether oxygens (including phenoxy) is 1. The van der Waals surface area contributed by atoms with Crippen LogP contribution in [-0.4, -0.2) is 31.8 Å². The lowest BCUT2D eigenvalue weighted by Gasteiger charge is -2.04. The molecule has 0 spiro atoms. The summed E-state index contributed by atoms with van der Waals surface area (Å²) in [5.74, 6) is 0. The van der Waals surface area contributed by atoms with Gasteiger partial charge in [0.25, 0.3) is 0 Å². The lowest BCUT2D eigenvalue weighted by Crippen LogP contribution is -2.19. The van der Waals surface area contributed by atoms with Gasteiger partial charge < -0.3 is 10.1 Å². The van der Waals surface area contributed by atoms with Gasteiger partial charge in [0.15, 0.2) is 0 Å². The molecule has 1 rings (SSSR count).